The summed E-state index contributed by atoms with van der Waals surface area (Å²) >= 11 is 8.17. The molecule has 4 nitrogen and oxygen atoms in total. The highest BCUT2D eigenvalue weighted by Gasteiger charge is 2.39. The fourth-order valence-electron chi connectivity index (χ4n) is 1.14. The van der Waals surface area contributed by atoms with Crippen LogP contribution in [-0.2, 0) is 30.7 Å². The van der Waals surface area contributed by atoms with Gasteiger partial charge in [-0.2, -0.15) is 12.6 Å². The predicted octanol–water partition coefficient (Wildman–Crippen LogP) is 2.04. The Labute approximate surface area is 117 Å². The van der Waals surface area contributed by atoms with Crippen LogP contribution in [0, 0.1) is 0 Å². The standard InChI is InChI=1S/C8H20O3SSi.C2H4OS/c1-4-9-13(8-7-12,10-5-2)11-6-3;1-2(3)4/h12H,4-8H2,1-3H3;1H3,(H,3,4)/p-1. The molecule has 0 saturated carbocycles. The molecule has 0 spiro atoms. The molecule has 7 heteroatoms. The van der Waals surface area contributed by atoms with Gasteiger partial charge in [0.1, 0.15) is 0 Å². The zero-order chi connectivity index (χ0) is 13.7. The van der Waals surface area contributed by atoms with Gasteiger partial charge in [-0.3, -0.25) is 0 Å². The number of thiol groups is 1. The van der Waals surface area contributed by atoms with Crippen LogP contribution in [0.3, 0.4) is 0 Å². The van der Waals surface area contributed by atoms with Gasteiger partial charge in [0.05, 0.1) is 0 Å². The summed E-state index contributed by atoms with van der Waals surface area (Å²) in [6.45, 7) is 9.13. The molecule has 17 heavy (non-hydrogen) atoms. The lowest BCUT2D eigenvalue weighted by Gasteiger charge is -2.27. The molecule has 0 rings (SSSR count). The van der Waals surface area contributed by atoms with Crippen LogP contribution in [0.25, 0.3) is 0 Å². The van der Waals surface area contributed by atoms with Gasteiger partial charge < -0.3 is 30.7 Å². The Morgan fingerprint density at radius 1 is 1.12 bits per heavy atom. The smallest absolute Gasteiger partial charge is 0.501 e. The van der Waals surface area contributed by atoms with Crippen molar-refractivity contribution in [2.24, 2.45) is 0 Å². The molecule has 0 unspecified atom stereocenters. The molecule has 0 aliphatic carbocycles. The van der Waals surface area contributed by atoms with Crippen molar-refractivity contribution in [3.8, 4) is 0 Å². The van der Waals surface area contributed by atoms with Crippen molar-refractivity contribution >= 4 is 39.2 Å². The van der Waals surface area contributed by atoms with E-state index in [1.54, 1.807) is 0 Å². The number of hydrogen-bond acceptors (Lipinski definition) is 6. The molecular formula is C10H23O4S2Si-. The molecule has 0 radical (unpaired) electrons. The number of hydrogen-bond donors (Lipinski definition) is 1. The van der Waals surface area contributed by atoms with Crippen molar-refractivity contribution in [2.45, 2.75) is 33.7 Å². The SMILES string of the molecule is CC(=O)[S-].CCO[Si](CCS)(OCC)OCC. The highest BCUT2D eigenvalue weighted by Crippen LogP contribution is 2.16. The van der Waals surface area contributed by atoms with Gasteiger partial charge in [0.15, 0.2) is 0 Å². The normalized spacial score (nSPS) is 10.6. The molecule has 0 atom stereocenters. The van der Waals surface area contributed by atoms with E-state index < -0.39 is 8.80 Å². The summed E-state index contributed by atoms with van der Waals surface area (Å²) in [5.41, 5.74) is 0. The first-order valence-electron chi connectivity index (χ1n) is 5.68. The fraction of sp³-hybridized carbons (Fsp3) is 0.900. The van der Waals surface area contributed by atoms with Gasteiger partial charge in [-0.15, -0.1) is 0 Å². The zero-order valence-corrected chi connectivity index (χ0v) is 13.7. The third-order valence-electron chi connectivity index (χ3n) is 1.51. The van der Waals surface area contributed by atoms with Gasteiger partial charge in [0, 0.05) is 31.0 Å². The Morgan fingerprint density at radius 2 is 1.41 bits per heavy atom. The van der Waals surface area contributed by atoms with E-state index in [-0.39, 0.29) is 5.12 Å². The molecule has 0 aliphatic rings. The van der Waals surface area contributed by atoms with Crippen molar-refractivity contribution in [3.63, 3.8) is 0 Å². The Kier molecular flexibility index (Phi) is 14.8. The Hall–Kier alpha value is 0.337. The maximum atomic E-state index is 9.26. The summed E-state index contributed by atoms with van der Waals surface area (Å²) in [7, 11) is -2.37. The monoisotopic (exact) mass is 299 g/mol. The summed E-state index contributed by atoms with van der Waals surface area (Å²) in [6.07, 6.45) is 0. The minimum atomic E-state index is -2.37. The van der Waals surface area contributed by atoms with Crippen LogP contribution in [0.5, 0.6) is 0 Å². The highest BCUT2D eigenvalue weighted by molar-refractivity contribution is 7.80. The maximum Gasteiger partial charge on any atom is 0.501 e. The fourth-order valence-corrected chi connectivity index (χ4v) is 4.24. The Morgan fingerprint density at radius 3 is 1.59 bits per heavy atom. The van der Waals surface area contributed by atoms with E-state index in [1.807, 2.05) is 20.8 Å². The topological polar surface area (TPSA) is 44.8 Å². The second-order valence-electron chi connectivity index (χ2n) is 2.95. The lowest BCUT2D eigenvalue weighted by Crippen LogP contribution is -2.46. The quantitative estimate of drug-likeness (QED) is 0.422. The van der Waals surface area contributed by atoms with Crippen molar-refractivity contribution in [3.05, 3.63) is 0 Å². The minimum absolute atomic E-state index is 0.250. The van der Waals surface area contributed by atoms with E-state index in [2.05, 4.69) is 25.3 Å². The molecule has 0 aromatic heterocycles. The van der Waals surface area contributed by atoms with E-state index in [0.717, 1.165) is 11.8 Å². The molecule has 0 heterocycles. The van der Waals surface area contributed by atoms with E-state index >= 15 is 0 Å². The first-order valence-corrected chi connectivity index (χ1v) is 8.65. The van der Waals surface area contributed by atoms with E-state index in [9.17, 15) is 4.79 Å². The van der Waals surface area contributed by atoms with Crippen LogP contribution < -0.4 is 0 Å². The molecule has 0 saturated heterocycles. The van der Waals surface area contributed by atoms with Gasteiger partial charge in [-0.25, -0.2) is 0 Å². The van der Waals surface area contributed by atoms with Gasteiger partial charge in [0.25, 0.3) is 0 Å². The van der Waals surface area contributed by atoms with Gasteiger partial charge in [0.2, 0.25) is 0 Å². The summed E-state index contributed by atoms with van der Waals surface area (Å²) < 4.78 is 16.8. The Balaban J connectivity index is 0. The minimum Gasteiger partial charge on any atom is -0.742 e. The molecule has 104 valence electrons. The van der Waals surface area contributed by atoms with E-state index in [0.29, 0.717) is 19.8 Å². The molecule has 0 aromatic carbocycles. The van der Waals surface area contributed by atoms with Crippen LogP contribution in [0.2, 0.25) is 6.04 Å². The molecule has 0 aromatic rings. The van der Waals surface area contributed by atoms with E-state index in [4.69, 9.17) is 13.3 Å². The second kappa shape index (κ2) is 12.8. The second-order valence-corrected chi connectivity index (χ2v) is 6.70. The summed E-state index contributed by atoms with van der Waals surface area (Å²) in [4.78, 5) is 9.26. The maximum absolute atomic E-state index is 9.26. The van der Waals surface area contributed by atoms with Crippen molar-refractivity contribution in [2.75, 3.05) is 25.6 Å². The van der Waals surface area contributed by atoms with Crippen molar-refractivity contribution < 1.29 is 18.1 Å². The average Bonchev–Trinajstić information content (AvgIpc) is 2.18. The molecule has 0 amide bonds. The van der Waals surface area contributed by atoms with Crippen molar-refractivity contribution in [1.82, 2.24) is 0 Å². The molecule has 0 N–H and O–H groups in total. The van der Waals surface area contributed by atoms with Crippen LogP contribution >= 0.6 is 12.6 Å². The molecular weight excluding hydrogens is 276 g/mol. The van der Waals surface area contributed by atoms with Gasteiger partial charge in [-0.05, 0) is 33.4 Å². The van der Waals surface area contributed by atoms with Gasteiger partial charge in [-0.1, -0.05) is 0 Å². The first-order chi connectivity index (χ1) is 7.97. The van der Waals surface area contributed by atoms with Crippen LogP contribution in [0.1, 0.15) is 27.7 Å². The largest absolute Gasteiger partial charge is 0.742 e. The first kappa shape index (κ1) is 19.7. The average molecular weight is 300 g/mol. The lowest BCUT2D eigenvalue weighted by atomic mass is 10.9. The summed E-state index contributed by atoms with van der Waals surface area (Å²) in [6, 6.07) is 0.783. The number of carbonyl (C=O) groups excluding carboxylic acids is 1. The number of rotatable bonds is 8. The van der Waals surface area contributed by atoms with Crippen LogP contribution in [0.4, 0.5) is 0 Å². The third-order valence-corrected chi connectivity index (χ3v) is 5.20. The van der Waals surface area contributed by atoms with E-state index in [1.165, 1.54) is 6.92 Å². The van der Waals surface area contributed by atoms with Gasteiger partial charge >= 0.3 is 8.80 Å². The number of carbonyl (C=O) groups is 1. The summed E-state index contributed by atoms with van der Waals surface area (Å²) in [5.74, 6) is 0.742. The third kappa shape index (κ3) is 12.6. The highest BCUT2D eigenvalue weighted by atomic mass is 32.1. The zero-order valence-electron chi connectivity index (χ0n) is 11.0. The molecule has 0 aliphatic heterocycles. The molecule has 0 bridgehead atoms. The summed E-state index contributed by atoms with van der Waals surface area (Å²) in [5, 5.41) is -0.250. The lowest BCUT2D eigenvalue weighted by molar-refractivity contribution is -0.109. The van der Waals surface area contributed by atoms with Crippen LogP contribution in [-0.4, -0.2) is 39.5 Å². The van der Waals surface area contributed by atoms with Crippen molar-refractivity contribution in [1.29, 1.82) is 0 Å². The Bertz CT molecular complexity index is 160. The molecule has 0 fully saturated rings. The van der Waals surface area contributed by atoms with Crippen LogP contribution in [0.15, 0.2) is 0 Å². The predicted molar refractivity (Wildman–Crippen MR) is 77.3 cm³/mol.